The van der Waals surface area contributed by atoms with Crippen molar-refractivity contribution < 1.29 is 23.5 Å². The summed E-state index contributed by atoms with van der Waals surface area (Å²) in [6.07, 6.45) is 0. The van der Waals surface area contributed by atoms with E-state index >= 15 is 0 Å². The van der Waals surface area contributed by atoms with Crippen molar-refractivity contribution in [3.05, 3.63) is 57.9 Å². The Bertz CT molecular complexity index is 691. The summed E-state index contributed by atoms with van der Waals surface area (Å²) in [4.78, 5) is 23.1. The minimum Gasteiger partial charge on any atom is -0.482 e. The zero-order valence-electron chi connectivity index (χ0n) is 11.9. The van der Waals surface area contributed by atoms with E-state index in [0.717, 1.165) is 9.64 Å². The minimum absolute atomic E-state index is 0.213. The van der Waals surface area contributed by atoms with Crippen molar-refractivity contribution in [2.45, 2.75) is 0 Å². The number of benzene rings is 2. The van der Waals surface area contributed by atoms with Crippen LogP contribution in [-0.2, 0) is 14.3 Å². The van der Waals surface area contributed by atoms with Crippen LogP contribution in [0.2, 0.25) is 0 Å². The first kappa shape index (κ1) is 17.2. The molecular weight excluding hydrogens is 416 g/mol. The minimum atomic E-state index is -0.716. The summed E-state index contributed by atoms with van der Waals surface area (Å²) in [6.45, 7) is -0.822. The van der Waals surface area contributed by atoms with Gasteiger partial charge in [-0.3, -0.25) is 4.79 Å². The fourth-order valence-electron chi connectivity index (χ4n) is 1.62. The second-order valence-corrected chi connectivity index (χ2v) is 5.71. The first-order valence-corrected chi connectivity index (χ1v) is 7.70. The van der Waals surface area contributed by atoms with Gasteiger partial charge in [0.05, 0.1) is 0 Å². The number of amides is 1. The predicted molar refractivity (Wildman–Crippen MR) is 90.6 cm³/mol. The lowest BCUT2D eigenvalue weighted by atomic mass is 10.3. The van der Waals surface area contributed by atoms with Crippen LogP contribution in [0, 0.1) is 9.39 Å². The Kier molecular flexibility index (Phi) is 6.33. The summed E-state index contributed by atoms with van der Waals surface area (Å²) < 4.78 is 23.8. The number of hydrogen-bond donors (Lipinski definition) is 1. The summed E-state index contributed by atoms with van der Waals surface area (Å²) in [5.41, 5.74) is 0.613. The molecule has 0 radical (unpaired) electrons. The van der Waals surface area contributed by atoms with Crippen molar-refractivity contribution in [2.75, 3.05) is 18.5 Å². The quantitative estimate of drug-likeness (QED) is 0.567. The molecule has 0 unspecified atom stereocenters. The molecule has 1 N–H and O–H groups in total. The number of nitrogens with one attached hydrogen (secondary N) is 1. The molecule has 0 aromatic heterocycles. The lowest BCUT2D eigenvalue weighted by molar-refractivity contribution is -0.149. The van der Waals surface area contributed by atoms with Crippen molar-refractivity contribution in [1.82, 2.24) is 0 Å². The number of carbonyl (C=O) groups is 2. The van der Waals surface area contributed by atoms with Crippen molar-refractivity contribution >= 4 is 40.2 Å². The van der Waals surface area contributed by atoms with Gasteiger partial charge in [-0.25, -0.2) is 9.18 Å². The topological polar surface area (TPSA) is 64.6 Å². The molecule has 0 heterocycles. The first-order valence-electron chi connectivity index (χ1n) is 6.62. The van der Waals surface area contributed by atoms with E-state index < -0.39 is 30.9 Å². The van der Waals surface area contributed by atoms with E-state index in [1.807, 2.05) is 12.1 Å². The molecule has 2 aromatic carbocycles. The van der Waals surface area contributed by atoms with Gasteiger partial charge in [-0.05, 0) is 59.0 Å². The molecule has 23 heavy (non-hydrogen) atoms. The van der Waals surface area contributed by atoms with E-state index in [0.29, 0.717) is 5.69 Å². The van der Waals surface area contributed by atoms with Crippen LogP contribution >= 0.6 is 22.6 Å². The third-order valence-corrected chi connectivity index (χ3v) is 3.36. The summed E-state index contributed by atoms with van der Waals surface area (Å²) in [7, 11) is 0. The molecule has 0 fully saturated rings. The molecule has 0 aliphatic carbocycles. The van der Waals surface area contributed by atoms with Crippen LogP contribution in [-0.4, -0.2) is 25.1 Å². The average molecular weight is 429 g/mol. The molecule has 0 bridgehead atoms. The highest BCUT2D eigenvalue weighted by Crippen LogP contribution is 2.12. The molecule has 0 atom stereocenters. The average Bonchev–Trinajstić information content (AvgIpc) is 2.53. The van der Waals surface area contributed by atoms with Crippen LogP contribution in [0.25, 0.3) is 0 Å². The third kappa shape index (κ3) is 6.23. The van der Waals surface area contributed by atoms with E-state index in [1.165, 1.54) is 18.2 Å². The highest BCUT2D eigenvalue weighted by Gasteiger charge is 2.09. The maximum absolute atomic E-state index is 12.9. The zero-order valence-corrected chi connectivity index (χ0v) is 14.1. The first-order chi connectivity index (χ1) is 11.0. The number of ether oxygens (including phenoxy) is 2. The SMILES string of the molecule is O=C(COC(=O)COc1cccc(F)c1)Nc1ccc(I)cc1. The van der Waals surface area contributed by atoms with Crippen molar-refractivity contribution in [3.8, 4) is 5.75 Å². The maximum Gasteiger partial charge on any atom is 0.344 e. The number of halogens is 2. The Morgan fingerprint density at radius 3 is 2.52 bits per heavy atom. The van der Waals surface area contributed by atoms with Crippen LogP contribution in [0.1, 0.15) is 0 Å². The molecule has 0 spiro atoms. The fraction of sp³-hybridized carbons (Fsp3) is 0.125. The van der Waals surface area contributed by atoms with Gasteiger partial charge in [-0.15, -0.1) is 0 Å². The Morgan fingerprint density at radius 2 is 1.83 bits per heavy atom. The molecule has 1 amide bonds. The van der Waals surface area contributed by atoms with E-state index in [2.05, 4.69) is 27.9 Å². The Hall–Kier alpha value is -2.16. The van der Waals surface area contributed by atoms with Crippen LogP contribution in [0.4, 0.5) is 10.1 Å². The van der Waals surface area contributed by atoms with Crippen LogP contribution in [0.15, 0.2) is 48.5 Å². The summed E-state index contributed by atoms with van der Waals surface area (Å²) in [5, 5.41) is 2.60. The van der Waals surface area contributed by atoms with Gasteiger partial charge in [-0.2, -0.15) is 0 Å². The van der Waals surface area contributed by atoms with Gasteiger partial charge in [0, 0.05) is 15.3 Å². The van der Waals surface area contributed by atoms with E-state index in [1.54, 1.807) is 12.1 Å². The second-order valence-electron chi connectivity index (χ2n) is 4.46. The molecule has 0 saturated heterocycles. The predicted octanol–water partition coefficient (Wildman–Crippen LogP) is 2.99. The summed E-state index contributed by atoms with van der Waals surface area (Å²) in [6, 6.07) is 12.6. The summed E-state index contributed by atoms with van der Waals surface area (Å²) in [5.74, 6) is -1.42. The van der Waals surface area contributed by atoms with Gasteiger partial charge >= 0.3 is 5.97 Å². The number of carbonyl (C=O) groups excluding carboxylic acids is 2. The molecule has 5 nitrogen and oxygen atoms in total. The Morgan fingerprint density at radius 1 is 1.09 bits per heavy atom. The number of anilines is 1. The largest absolute Gasteiger partial charge is 0.482 e. The molecular formula is C16H13FINO4. The van der Waals surface area contributed by atoms with E-state index in [-0.39, 0.29) is 5.75 Å². The Labute approximate surface area is 145 Å². The van der Waals surface area contributed by atoms with E-state index in [9.17, 15) is 14.0 Å². The number of rotatable bonds is 6. The van der Waals surface area contributed by atoms with Crippen LogP contribution in [0.3, 0.4) is 0 Å². The third-order valence-electron chi connectivity index (χ3n) is 2.64. The highest BCUT2D eigenvalue weighted by molar-refractivity contribution is 14.1. The van der Waals surface area contributed by atoms with Gasteiger partial charge in [-0.1, -0.05) is 6.07 Å². The van der Waals surface area contributed by atoms with Gasteiger partial charge in [0.1, 0.15) is 11.6 Å². The maximum atomic E-state index is 12.9. The van der Waals surface area contributed by atoms with Gasteiger partial charge < -0.3 is 14.8 Å². The van der Waals surface area contributed by atoms with Gasteiger partial charge in [0.25, 0.3) is 5.91 Å². The smallest absolute Gasteiger partial charge is 0.344 e. The molecule has 7 heteroatoms. The molecule has 2 aromatic rings. The van der Waals surface area contributed by atoms with E-state index in [4.69, 9.17) is 9.47 Å². The van der Waals surface area contributed by atoms with Gasteiger partial charge in [0.2, 0.25) is 0 Å². The fourth-order valence-corrected chi connectivity index (χ4v) is 1.98. The van der Waals surface area contributed by atoms with Crippen molar-refractivity contribution in [2.24, 2.45) is 0 Å². The zero-order chi connectivity index (χ0) is 16.7. The molecule has 0 saturated carbocycles. The van der Waals surface area contributed by atoms with Crippen LogP contribution < -0.4 is 10.1 Å². The Balaban J connectivity index is 1.71. The second kappa shape index (κ2) is 8.47. The van der Waals surface area contributed by atoms with Crippen molar-refractivity contribution in [3.63, 3.8) is 0 Å². The standard InChI is InChI=1S/C16H13FINO4/c17-11-2-1-3-14(8-11)22-10-16(21)23-9-15(20)19-13-6-4-12(18)5-7-13/h1-8H,9-10H2,(H,19,20). The molecule has 120 valence electrons. The molecule has 2 rings (SSSR count). The van der Waals surface area contributed by atoms with Crippen LogP contribution in [0.5, 0.6) is 5.75 Å². The lowest BCUT2D eigenvalue weighted by Crippen LogP contribution is -2.23. The molecule has 0 aliphatic rings. The monoisotopic (exact) mass is 429 g/mol. The molecule has 0 aliphatic heterocycles. The number of esters is 1. The lowest BCUT2D eigenvalue weighted by Gasteiger charge is -2.08. The van der Waals surface area contributed by atoms with Crippen molar-refractivity contribution in [1.29, 1.82) is 0 Å². The number of hydrogen-bond acceptors (Lipinski definition) is 4. The normalized spacial score (nSPS) is 10.0. The van der Waals surface area contributed by atoms with Gasteiger partial charge in [0.15, 0.2) is 13.2 Å². The summed E-state index contributed by atoms with van der Waals surface area (Å²) >= 11 is 2.15. The highest BCUT2D eigenvalue weighted by atomic mass is 127.